The highest BCUT2D eigenvalue weighted by Crippen LogP contribution is 2.16. The van der Waals surface area contributed by atoms with Gasteiger partial charge in [-0.15, -0.1) is 0 Å². The topological polar surface area (TPSA) is 116 Å². The Morgan fingerprint density at radius 3 is 2.33 bits per heavy atom. The lowest BCUT2D eigenvalue weighted by Crippen LogP contribution is -2.43. The molecule has 0 aliphatic carbocycles. The van der Waals surface area contributed by atoms with Gasteiger partial charge in [0, 0.05) is 12.5 Å². The van der Waals surface area contributed by atoms with Crippen LogP contribution in [-0.4, -0.2) is 28.6 Å². The van der Waals surface area contributed by atoms with Gasteiger partial charge >= 0.3 is 0 Å². The molecule has 0 aliphatic heterocycles. The van der Waals surface area contributed by atoms with Gasteiger partial charge in [-0.25, -0.2) is 0 Å². The number of amides is 2. The van der Waals surface area contributed by atoms with Gasteiger partial charge in [0.1, 0.15) is 11.5 Å². The number of carbonyl (C=O) groups excluding carboxylic acids is 2. The molecule has 0 saturated carbocycles. The summed E-state index contributed by atoms with van der Waals surface area (Å²) in [5.74, 6) is 1.08. The number of nitrogens with zero attached hydrogens (tertiary/aromatic N) is 2. The molecule has 9 heteroatoms. The third-order valence-corrected chi connectivity index (χ3v) is 4.22. The average Bonchev–Trinajstić information content (AvgIpc) is 3.17. The lowest BCUT2D eigenvalue weighted by Gasteiger charge is -2.10. The van der Waals surface area contributed by atoms with Crippen molar-refractivity contribution in [3.63, 3.8) is 0 Å². The van der Waals surface area contributed by atoms with E-state index in [9.17, 15) is 9.59 Å². The van der Waals surface area contributed by atoms with E-state index in [4.69, 9.17) is 14.0 Å². The van der Waals surface area contributed by atoms with E-state index in [0.717, 1.165) is 11.1 Å². The van der Waals surface area contributed by atoms with Crippen LogP contribution in [-0.2, 0) is 11.4 Å². The molecule has 0 radical (unpaired) electrons. The summed E-state index contributed by atoms with van der Waals surface area (Å²) in [6.07, 6.45) is 0. The van der Waals surface area contributed by atoms with Crippen molar-refractivity contribution in [3.05, 3.63) is 70.9 Å². The first-order chi connectivity index (χ1) is 14.4. The van der Waals surface area contributed by atoms with Crippen LogP contribution in [0.2, 0.25) is 0 Å². The highest BCUT2D eigenvalue weighted by atomic mass is 16.5. The quantitative estimate of drug-likeness (QED) is 0.575. The molecule has 1 heterocycles. The molecule has 0 spiro atoms. The van der Waals surface area contributed by atoms with Crippen molar-refractivity contribution < 1.29 is 23.6 Å². The van der Waals surface area contributed by atoms with Crippen molar-refractivity contribution in [2.75, 3.05) is 6.61 Å². The molecular weight excluding hydrogens is 388 g/mol. The van der Waals surface area contributed by atoms with Crippen LogP contribution in [0.15, 0.2) is 47.0 Å². The van der Waals surface area contributed by atoms with Crippen LogP contribution in [0, 0.1) is 20.8 Å². The Morgan fingerprint density at radius 2 is 1.67 bits per heavy atom. The van der Waals surface area contributed by atoms with Crippen molar-refractivity contribution in [1.29, 1.82) is 0 Å². The minimum absolute atomic E-state index is 0.152. The molecule has 2 N–H and O–H groups in total. The molecule has 0 fully saturated rings. The molecule has 0 atom stereocenters. The number of ether oxygens (including phenoxy) is 2. The average molecular weight is 410 g/mol. The lowest BCUT2D eigenvalue weighted by atomic mass is 10.1. The van der Waals surface area contributed by atoms with Gasteiger partial charge in [-0.1, -0.05) is 11.2 Å². The molecule has 1 aromatic heterocycles. The fraction of sp³-hybridized carbons (Fsp3) is 0.238. The Balaban J connectivity index is 1.42. The summed E-state index contributed by atoms with van der Waals surface area (Å²) in [6, 6.07) is 12.0. The van der Waals surface area contributed by atoms with Crippen molar-refractivity contribution in [2.24, 2.45) is 0 Å². The molecule has 156 valence electrons. The van der Waals surface area contributed by atoms with Gasteiger partial charge < -0.3 is 14.0 Å². The third-order valence-electron chi connectivity index (χ3n) is 4.22. The van der Waals surface area contributed by atoms with Crippen LogP contribution in [0.4, 0.5) is 0 Å². The van der Waals surface area contributed by atoms with E-state index in [2.05, 4.69) is 21.0 Å². The Labute approximate surface area is 173 Å². The number of hydrogen-bond acceptors (Lipinski definition) is 7. The Hall–Kier alpha value is -3.88. The highest BCUT2D eigenvalue weighted by molar-refractivity contribution is 5.95. The minimum atomic E-state index is -0.475. The number of rotatable bonds is 7. The molecule has 0 unspecified atom stereocenters. The summed E-state index contributed by atoms with van der Waals surface area (Å²) < 4.78 is 15.8. The molecule has 0 aliphatic rings. The van der Waals surface area contributed by atoms with Gasteiger partial charge in [-0.2, -0.15) is 4.98 Å². The zero-order valence-electron chi connectivity index (χ0n) is 16.9. The molecular formula is C21H22N4O5. The van der Waals surface area contributed by atoms with Crippen LogP contribution in [0.25, 0.3) is 0 Å². The third kappa shape index (κ3) is 5.81. The number of aromatic nitrogens is 2. The van der Waals surface area contributed by atoms with E-state index in [1.807, 2.05) is 26.0 Å². The second-order valence-electron chi connectivity index (χ2n) is 6.58. The van der Waals surface area contributed by atoms with Crippen LogP contribution in [0.1, 0.15) is 33.2 Å². The molecule has 30 heavy (non-hydrogen) atoms. The lowest BCUT2D eigenvalue weighted by molar-refractivity contribution is -0.123. The predicted molar refractivity (Wildman–Crippen MR) is 107 cm³/mol. The highest BCUT2D eigenvalue weighted by Gasteiger charge is 2.09. The Kier molecular flexibility index (Phi) is 6.63. The molecule has 3 rings (SSSR count). The standard InChI is InChI=1S/C21H22N4O5/c1-13-4-7-18(10-14(13)2)29-12-20(26)23-24-21(27)16-5-8-17(9-6-16)28-11-19-22-15(3)30-25-19/h4-10H,11-12H2,1-3H3,(H,23,26)(H,24,27). The SMILES string of the molecule is Cc1nc(COc2ccc(C(=O)NNC(=O)COc3ccc(C)c(C)c3)cc2)no1. The van der Waals surface area contributed by atoms with E-state index >= 15 is 0 Å². The van der Waals surface area contributed by atoms with E-state index in [0.29, 0.717) is 28.8 Å². The van der Waals surface area contributed by atoms with E-state index in [-0.39, 0.29) is 13.2 Å². The largest absolute Gasteiger partial charge is 0.485 e. The van der Waals surface area contributed by atoms with Crippen LogP contribution in [0.5, 0.6) is 11.5 Å². The van der Waals surface area contributed by atoms with Gasteiger partial charge in [-0.3, -0.25) is 20.4 Å². The normalized spacial score (nSPS) is 10.4. The molecule has 9 nitrogen and oxygen atoms in total. The van der Waals surface area contributed by atoms with Crippen molar-refractivity contribution in [1.82, 2.24) is 21.0 Å². The van der Waals surface area contributed by atoms with Gasteiger partial charge in [0.15, 0.2) is 13.2 Å². The summed E-state index contributed by atoms with van der Waals surface area (Å²) in [4.78, 5) is 28.1. The number of nitrogens with one attached hydrogen (secondary N) is 2. The number of hydrazine groups is 1. The van der Waals surface area contributed by atoms with Crippen molar-refractivity contribution in [2.45, 2.75) is 27.4 Å². The predicted octanol–water partition coefficient (Wildman–Crippen LogP) is 2.41. The molecule has 0 bridgehead atoms. The molecule has 2 aromatic carbocycles. The van der Waals surface area contributed by atoms with Crippen LogP contribution >= 0.6 is 0 Å². The summed E-state index contributed by atoms with van der Waals surface area (Å²) in [7, 11) is 0. The molecule has 2 amide bonds. The van der Waals surface area contributed by atoms with Gasteiger partial charge in [0.2, 0.25) is 11.7 Å². The summed E-state index contributed by atoms with van der Waals surface area (Å²) in [6.45, 7) is 5.59. The summed E-state index contributed by atoms with van der Waals surface area (Å²) in [5, 5.41) is 3.73. The molecule has 0 saturated heterocycles. The molecule has 3 aromatic rings. The van der Waals surface area contributed by atoms with Gasteiger partial charge in [0.25, 0.3) is 11.8 Å². The minimum Gasteiger partial charge on any atom is -0.485 e. The van der Waals surface area contributed by atoms with E-state index in [1.54, 1.807) is 37.3 Å². The van der Waals surface area contributed by atoms with Crippen molar-refractivity contribution in [3.8, 4) is 11.5 Å². The number of hydrogen-bond donors (Lipinski definition) is 2. The monoisotopic (exact) mass is 410 g/mol. The number of carbonyl (C=O) groups is 2. The first-order valence-electron chi connectivity index (χ1n) is 9.22. The second-order valence-corrected chi connectivity index (χ2v) is 6.58. The number of benzene rings is 2. The van der Waals surface area contributed by atoms with Crippen molar-refractivity contribution >= 4 is 11.8 Å². The maximum absolute atomic E-state index is 12.2. The zero-order chi connectivity index (χ0) is 21.5. The second kappa shape index (κ2) is 9.55. The smallest absolute Gasteiger partial charge is 0.276 e. The Morgan fingerprint density at radius 1 is 0.933 bits per heavy atom. The zero-order valence-corrected chi connectivity index (χ0v) is 16.9. The number of aryl methyl sites for hydroxylation is 3. The fourth-order valence-corrected chi connectivity index (χ4v) is 2.44. The van der Waals surface area contributed by atoms with Gasteiger partial charge in [0.05, 0.1) is 0 Å². The Bertz CT molecular complexity index is 1030. The fourth-order valence-electron chi connectivity index (χ4n) is 2.44. The maximum atomic E-state index is 12.2. The maximum Gasteiger partial charge on any atom is 0.276 e. The van der Waals surface area contributed by atoms with E-state index < -0.39 is 11.8 Å². The van der Waals surface area contributed by atoms with Crippen LogP contribution < -0.4 is 20.3 Å². The summed E-state index contributed by atoms with van der Waals surface area (Å²) >= 11 is 0. The van der Waals surface area contributed by atoms with Gasteiger partial charge in [-0.05, 0) is 61.4 Å². The summed E-state index contributed by atoms with van der Waals surface area (Å²) in [5.41, 5.74) is 7.23. The van der Waals surface area contributed by atoms with Crippen LogP contribution in [0.3, 0.4) is 0 Å². The first kappa shape index (κ1) is 20.8. The van der Waals surface area contributed by atoms with E-state index in [1.165, 1.54) is 0 Å². The first-order valence-corrected chi connectivity index (χ1v) is 9.22.